The van der Waals surface area contributed by atoms with Gasteiger partial charge in [-0.25, -0.2) is 0 Å². The molecule has 1 atom stereocenters. The first-order valence-electron chi connectivity index (χ1n) is 7.12. The highest BCUT2D eigenvalue weighted by atomic mass is 35.5. The fourth-order valence-electron chi connectivity index (χ4n) is 2.54. The predicted octanol–water partition coefficient (Wildman–Crippen LogP) is 4.10. The molecule has 1 heterocycles. The molecule has 114 valence electrons. The van der Waals surface area contributed by atoms with E-state index < -0.39 is 0 Å². The number of hydrogen-bond donors (Lipinski definition) is 1. The van der Waals surface area contributed by atoms with E-state index in [4.69, 9.17) is 23.2 Å². The molecule has 0 fully saturated rings. The molecule has 0 spiro atoms. The molecule has 21 heavy (non-hydrogen) atoms. The van der Waals surface area contributed by atoms with Gasteiger partial charge in [0.25, 0.3) is 0 Å². The number of benzene rings is 1. The first-order valence-corrected chi connectivity index (χ1v) is 7.87. The highest BCUT2D eigenvalue weighted by molar-refractivity contribution is 6.32. The van der Waals surface area contributed by atoms with Crippen molar-refractivity contribution < 1.29 is 0 Å². The zero-order chi connectivity index (χ0) is 15.6. The number of likely N-dealkylation sites (N-methyl/N-ethyl adjacent to an activating group) is 1. The molecule has 0 bridgehead atoms. The average Bonchev–Trinajstić information content (AvgIpc) is 2.74. The van der Waals surface area contributed by atoms with E-state index >= 15 is 0 Å². The number of aromatic nitrogens is 2. The van der Waals surface area contributed by atoms with E-state index in [0.717, 1.165) is 45.4 Å². The van der Waals surface area contributed by atoms with Crippen LogP contribution in [-0.4, -0.2) is 16.8 Å². The zero-order valence-electron chi connectivity index (χ0n) is 12.9. The zero-order valence-corrected chi connectivity index (χ0v) is 14.4. The Hall–Kier alpha value is -1.03. The lowest BCUT2D eigenvalue weighted by Crippen LogP contribution is -2.21. The van der Waals surface area contributed by atoms with Gasteiger partial charge in [0.05, 0.1) is 16.4 Å². The van der Waals surface area contributed by atoms with E-state index in [1.54, 1.807) is 0 Å². The minimum Gasteiger partial charge on any atom is -0.313 e. The van der Waals surface area contributed by atoms with Crippen LogP contribution in [0.3, 0.4) is 0 Å². The van der Waals surface area contributed by atoms with Crippen LogP contribution in [0.1, 0.15) is 35.5 Å². The van der Waals surface area contributed by atoms with Crippen molar-refractivity contribution >= 4 is 23.2 Å². The van der Waals surface area contributed by atoms with Gasteiger partial charge in [0.2, 0.25) is 0 Å². The van der Waals surface area contributed by atoms with Crippen molar-refractivity contribution in [3.8, 4) is 0 Å². The minimum atomic E-state index is 0.106. The first-order chi connectivity index (χ1) is 9.99. The van der Waals surface area contributed by atoms with Gasteiger partial charge >= 0.3 is 0 Å². The standard InChI is InChI=1S/C16H21Cl2N3/c1-5-12-16(18)14(21(4)20-12)9-13(19-3)11-8-6-7-10(2)15(11)17/h6-8,13,19H,5,9H2,1-4H3. The molecule has 0 radical (unpaired) electrons. The van der Waals surface area contributed by atoms with Gasteiger partial charge in [-0.05, 0) is 31.5 Å². The van der Waals surface area contributed by atoms with Crippen molar-refractivity contribution in [2.24, 2.45) is 7.05 Å². The van der Waals surface area contributed by atoms with Crippen molar-refractivity contribution in [1.29, 1.82) is 0 Å². The summed E-state index contributed by atoms with van der Waals surface area (Å²) in [4.78, 5) is 0. The third-order valence-electron chi connectivity index (χ3n) is 3.85. The molecular formula is C16H21Cl2N3. The Labute approximate surface area is 136 Å². The average molecular weight is 326 g/mol. The molecule has 0 saturated carbocycles. The van der Waals surface area contributed by atoms with Crippen molar-refractivity contribution in [2.45, 2.75) is 32.7 Å². The summed E-state index contributed by atoms with van der Waals surface area (Å²) in [6.07, 6.45) is 1.59. The lowest BCUT2D eigenvalue weighted by molar-refractivity contribution is 0.561. The van der Waals surface area contributed by atoms with Crippen LogP contribution in [-0.2, 0) is 19.9 Å². The molecule has 0 aliphatic rings. The maximum Gasteiger partial charge on any atom is 0.0850 e. The molecule has 0 aliphatic carbocycles. The van der Waals surface area contributed by atoms with Crippen LogP contribution in [0.5, 0.6) is 0 Å². The first kappa shape index (κ1) is 16.3. The molecule has 2 aromatic rings. The lowest BCUT2D eigenvalue weighted by atomic mass is 10.00. The van der Waals surface area contributed by atoms with E-state index in [0.29, 0.717) is 0 Å². The molecule has 5 heteroatoms. The van der Waals surface area contributed by atoms with E-state index in [9.17, 15) is 0 Å². The quantitative estimate of drug-likeness (QED) is 0.896. The number of hydrogen-bond acceptors (Lipinski definition) is 2. The minimum absolute atomic E-state index is 0.106. The Morgan fingerprint density at radius 1 is 1.29 bits per heavy atom. The van der Waals surface area contributed by atoms with Crippen LogP contribution in [0.4, 0.5) is 0 Å². The lowest BCUT2D eigenvalue weighted by Gasteiger charge is -2.19. The largest absolute Gasteiger partial charge is 0.313 e. The Morgan fingerprint density at radius 3 is 2.57 bits per heavy atom. The molecule has 3 nitrogen and oxygen atoms in total. The van der Waals surface area contributed by atoms with Crippen molar-refractivity contribution in [3.63, 3.8) is 0 Å². The second-order valence-electron chi connectivity index (χ2n) is 5.21. The highest BCUT2D eigenvalue weighted by Crippen LogP contribution is 2.31. The van der Waals surface area contributed by atoms with Gasteiger partial charge in [0.15, 0.2) is 0 Å². The smallest absolute Gasteiger partial charge is 0.0850 e. The van der Waals surface area contributed by atoms with Crippen LogP contribution in [0.25, 0.3) is 0 Å². The molecule has 2 rings (SSSR count). The van der Waals surface area contributed by atoms with Crippen LogP contribution in [0, 0.1) is 6.92 Å². The summed E-state index contributed by atoms with van der Waals surface area (Å²) in [7, 11) is 3.87. The van der Waals surface area contributed by atoms with E-state index in [1.807, 2.05) is 37.8 Å². The Bertz CT molecular complexity index is 635. The molecular weight excluding hydrogens is 305 g/mol. The molecule has 0 amide bonds. The van der Waals surface area contributed by atoms with Gasteiger partial charge in [0.1, 0.15) is 0 Å². The second kappa shape index (κ2) is 6.82. The SMILES string of the molecule is CCc1nn(C)c(CC(NC)c2cccc(C)c2Cl)c1Cl. The predicted molar refractivity (Wildman–Crippen MR) is 89.3 cm³/mol. The third-order valence-corrected chi connectivity index (χ3v) is 4.80. The molecule has 1 unspecified atom stereocenters. The number of nitrogens with one attached hydrogen (secondary N) is 1. The van der Waals surface area contributed by atoms with Crippen LogP contribution < -0.4 is 5.32 Å². The summed E-state index contributed by atoms with van der Waals surface area (Å²) >= 11 is 12.9. The van der Waals surface area contributed by atoms with E-state index in [1.165, 1.54) is 0 Å². The topological polar surface area (TPSA) is 29.9 Å². The normalized spacial score (nSPS) is 12.7. The van der Waals surface area contributed by atoms with Crippen LogP contribution in [0.15, 0.2) is 18.2 Å². The van der Waals surface area contributed by atoms with Crippen molar-refractivity contribution in [2.75, 3.05) is 7.05 Å². The van der Waals surface area contributed by atoms with Crippen molar-refractivity contribution in [3.05, 3.63) is 50.8 Å². The Kier molecular flexibility index (Phi) is 5.31. The summed E-state index contributed by atoms with van der Waals surface area (Å²) in [5.74, 6) is 0. The highest BCUT2D eigenvalue weighted by Gasteiger charge is 2.20. The molecule has 1 N–H and O–H groups in total. The Balaban J connectivity index is 2.36. The fraction of sp³-hybridized carbons (Fsp3) is 0.438. The summed E-state index contributed by atoms with van der Waals surface area (Å²) in [6.45, 7) is 4.08. The molecule has 1 aromatic carbocycles. The van der Waals surface area contributed by atoms with Gasteiger partial charge in [0, 0.05) is 24.5 Å². The van der Waals surface area contributed by atoms with Crippen LogP contribution >= 0.6 is 23.2 Å². The summed E-state index contributed by atoms with van der Waals surface area (Å²) in [5, 5.41) is 9.38. The van der Waals surface area contributed by atoms with Gasteiger partial charge < -0.3 is 5.32 Å². The maximum atomic E-state index is 6.45. The number of halogens is 2. The van der Waals surface area contributed by atoms with Gasteiger partial charge in [-0.15, -0.1) is 0 Å². The van der Waals surface area contributed by atoms with Crippen LogP contribution in [0.2, 0.25) is 10.0 Å². The monoisotopic (exact) mass is 325 g/mol. The second-order valence-corrected chi connectivity index (χ2v) is 5.96. The summed E-state index contributed by atoms with van der Waals surface area (Å²) < 4.78 is 1.87. The van der Waals surface area contributed by atoms with Gasteiger partial charge in [-0.3, -0.25) is 4.68 Å². The molecule has 0 aliphatic heterocycles. The molecule has 1 aromatic heterocycles. The maximum absolute atomic E-state index is 6.45. The van der Waals surface area contributed by atoms with Gasteiger partial charge in [-0.1, -0.05) is 48.3 Å². The summed E-state index contributed by atoms with van der Waals surface area (Å²) in [5.41, 5.74) is 4.15. The van der Waals surface area contributed by atoms with Crippen molar-refractivity contribution in [1.82, 2.24) is 15.1 Å². The Morgan fingerprint density at radius 2 is 2.00 bits per heavy atom. The van der Waals surface area contributed by atoms with E-state index in [-0.39, 0.29) is 6.04 Å². The third kappa shape index (κ3) is 3.25. The summed E-state index contributed by atoms with van der Waals surface area (Å²) in [6, 6.07) is 6.21. The van der Waals surface area contributed by atoms with Gasteiger partial charge in [-0.2, -0.15) is 5.10 Å². The number of nitrogens with zero attached hydrogens (tertiary/aromatic N) is 2. The number of rotatable bonds is 5. The molecule has 0 saturated heterocycles. The fourth-order valence-corrected chi connectivity index (χ4v) is 3.17. The number of aryl methyl sites for hydroxylation is 3. The van der Waals surface area contributed by atoms with E-state index in [2.05, 4.69) is 23.4 Å².